The second-order valence-corrected chi connectivity index (χ2v) is 8.12. The molecule has 3 aromatic carbocycles. The minimum Gasteiger partial charge on any atom is -0.496 e. The number of fused-ring (bicyclic) bond motifs is 3. The average Bonchev–Trinajstić information content (AvgIpc) is 3.01. The number of rotatable bonds is 4. The van der Waals surface area contributed by atoms with Crippen molar-refractivity contribution >= 4 is 38.1 Å². The summed E-state index contributed by atoms with van der Waals surface area (Å²) in [6.45, 7) is 1.91. The third-order valence-electron chi connectivity index (χ3n) is 4.67. The van der Waals surface area contributed by atoms with Crippen molar-refractivity contribution in [2.75, 3.05) is 7.11 Å². The summed E-state index contributed by atoms with van der Waals surface area (Å²) in [7, 11) is -2.38. The van der Waals surface area contributed by atoms with Gasteiger partial charge in [0.2, 0.25) is 0 Å². The molecule has 0 saturated heterocycles. The fourth-order valence-corrected chi connectivity index (χ4v) is 4.84. The Bertz CT molecular complexity index is 1290. The molecular weight excluding hydrogens is 362 g/mol. The number of methoxy groups -OCH3 is 1. The van der Waals surface area contributed by atoms with Gasteiger partial charge >= 0.3 is 0 Å². The number of carbonyl (C=O) groups excluding carboxylic acids is 1. The van der Waals surface area contributed by atoms with E-state index in [0.717, 1.165) is 10.9 Å². The second-order valence-electron chi connectivity index (χ2n) is 6.33. The Morgan fingerprint density at radius 3 is 2.30 bits per heavy atom. The lowest BCUT2D eigenvalue weighted by atomic mass is 10.1. The van der Waals surface area contributed by atoms with Gasteiger partial charge < -0.3 is 4.74 Å². The first-order valence-electron chi connectivity index (χ1n) is 8.36. The molecule has 0 aliphatic rings. The van der Waals surface area contributed by atoms with Gasteiger partial charge in [-0.2, -0.15) is 0 Å². The number of ether oxygens (including phenoxy) is 1. The predicted octanol–water partition coefficient (Wildman–Crippen LogP) is 4.16. The molecule has 1 aromatic heterocycles. The molecular formula is C21H17NO4S. The van der Waals surface area contributed by atoms with Crippen LogP contribution in [0.5, 0.6) is 5.75 Å². The Morgan fingerprint density at radius 1 is 0.926 bits per heavy atom. The van der Waals surface area contributed by atoms with Crippen molar-refractivity contribution in [2.24, 2.45) is 0 Å². The van der Waals surface area contributed by atoms with E-state index >= 15 is 0 Å². The molecule has 6 heteroatoms. The summed E-state index contributed by atoms with van der Waals surface area (Å²) < 4.78 is 33.5. The average molecular weight is 379 g/mol. The molecule has 0 spiro atoms. The minimum atomic E-state index is -3.84. The van der Waals surface area contributed by atoms with E-state index in [0.29, 0.717) is 34.0 Å². The number of aryl methyl sites for hydroxylation is 1. The van der Waals surface area contributed by atoms with Crippen LogP contribution in [0.1, 0.15) is 15.9 Å². The molecule has 27 heavy (non-hydrogen) atoms. The Labute approximate surface area is 156 Å². The summed E-state index contributed by atoms with van der Waals surface area (Å²) in [6.07, 6.45) is 0.707. The first-order chi connectivity index (χ1) is 13.0. The van der Waals surface area contributed by atoms with Crippen LogP contribution in [-0.4, -0.2) is 25.8 Å². The number of carbonyl (C=O) groups is 1. The van der Waals surface area contributed by atoms with Gasteiger partial charge in [-0.15, -0.1) is 0 Å². The maximum atomic E-state index is 13.4. The van der Waals surface area contributed by atoms with Gasteiger partial charge in [0, 0.05) is 16.8 Å². The van der Waals surface area contributed by atoms with E-state index in [2.05, 4.69) is 0 Å². The van der Waals surface area contributed by atoms with Crippen LogP contribution in [0.15, 0.2) is 65.6 Å². The highest BCUT2D eigenvalue weighted by Gasteiger charge is 2.24. The lowest BCUT2D eigenvalue weighted by molar-refractivity contribution is 0.112. The maximum Gasteiger partial charge on any atom is 0.268 e. The molecule has 0 amide bonds. The Morgan fingerprint density at radius 2 is 1.63 bits per heavy atom. The number of para-hydroxylation sites is 1. The zero-order valence-electron chi connectivity index (χ0n) is 14.8. The zero-order valence-corrected chi connectivity index (χ0v) is 15.7. The number of nitrogens with zero attached hydrogens (tertiary/aromatic N) is 1. The number of benzene rings is 3. The van der Waals surface area contributed by atoms with E-state index in [4.69, 9.17) is 4.74 Å². The molecule has 0 unspecified atom stereocenters. The van der Waals surface area contributed by atoms with Crippen molar-refractivity contribution in [3.63, 3.8) is 0 Å². The van der Waals surface area contributed by atoms with Gasteiger partial charge in [-0.3, -0.25) is 4.79 Å². The molecule has 0 saturated carbocycles. The monoisotopic (exact) mass is 379 g/mol. The number of aldehydes is 1. The Balaban J connectivity index is 2.15. The van der Waals surface area contributed by atoms with Gasteiger partial charge in [0.1, 0.15) is 5.75 Å². The summed E-state index contributed by atoms with van der Waals surface area (Å²) in [5, 5.41) is 1.44. The van der Waals surface area contributed by atoms with E-state index in [9.17, 15) is 13.2 Å². The molecule has 0 bridgehead atoms. The van der Waals surface area contributed by atoms with E-state index in [-0.39, 0.29) is 4.90 Å². The van der Waals surface area contributed by atoms with Crippen molar-refractivity contribution in [3.8, 4) is 5.75 Å². The van der Waals surface area contributed by atoms with E-state index in [1.165, 1.54) is 11.1 Å². The number of aromatic nitrogens is 1. The van der Waals surface area contributed by atoms with Crippen molar-refractivity contribution in [1.29, 1.82) is 0 Å². The van der Waals surface area contributed by atoms with Crippen LogP contribution >= 0.6 is 0 Å². The normalized spacial score (nSPS) is 11.8. The fraction of sp³-hybridized carbons (Fsp3) is 0.0952. The molecule has 0 atom stereocenters. The van der Waals surface area contributed by atoms with Crippen molar-refractivity contribution in [2.45, 2.75) is 11.8 Å². The smallest absolute Gasteiger partial charge is 0.268 e. The topological polar surface area (TPSA) is 65.4 Å². The lowest BCUT2D eigenvalue weighted by Crippen LogP contribution is -2.12. The molecule has 5 nitrogen and oxygen atoms in total. The van der Waals surface area contributed by atoms with Crippen LogP contribution in [0, 0.1) is 6.92 Å². The standard InChI is InChI=1S/C21H17NO4S/c1-14-7-9-16(10-8-14)27(24,25)22-19-6-4-3-5-17(19)18-11-15(13-23)21(26-2)12-20(18)22/h3-13H,1-2H3. The van der Waals surface area contributed by atoms with Gasteiger partial charge in [0.05, 0.1) is 28.6 Å². The predicted molar refractivity (Wildman–Crippen MR) is 105 cm³/mol. The highest BCUT2D eigenvalue weighted by atomic mass is 32.2. The maximum absolute atomic E-state index is 13.4. The highest BCUT2D eigenvalue weighted by Crippen LogP contribution is 2.35. The van der Waals surface area contributed by atoms with Gasteiger partial charge in [0.15, 0.2) is 6.29 Å². The quantitative estimate of drug-likeness (QED) is 0.500. The third-order valence-corrected chi connectivity index (χ3v) is 6.41. The van der Waals surface area contributed by atoms with Crippen LogP contribution in [0.4, 0.5) is 0 Å². The largest absolute Gasteiger partial charge is 0.496 e. The molecule has 0 N–H and O–H groups in total. The van der Waals surface area contributed by atoms with Crippen molar-refractivity contribution in [3.05, 3.63) is 71.8 Å². The van der Waals surface area contributed by atoms with Crippen LogP contribution in [0.25, 0.3) is 21.8 Å². The van der Waals surface area contributed by atoms with Gasteiger partial charge in [-0.05, 0) is 31.2 Å². The fourth-order valence-electron chi connectivity index (χ4n) is 3.32. The summed E-state index contributed by atoms with van der Waals surface area (Å²) in [4.78, 5) is 11.6. The zero-order chi connectivity index (χ0) is 19.2. The molecule has 1 heterocycles. The third kappa shape index (κ3) is 2.61. The van der Waals surface area contributed by atoms with E-state index < -0.39 is 10.0 Å². The Hall–Kier alpha value is -3.12. The molecule has 136 valence electrons. The van der Waals surface area contributed by atoms with Gasteiger partial charge in [-0.25, -0.2) is 12.4 Å². The lowest BCUT2D eigenvalue weighted by Gasteiger charge is -2.11. The van der Waals surface area contributed by atoms with Crippen molar-refractivity contribution < 1.29 is 17.9 Å². The van der Waals surface area contributed by atoms with E-state index in [1.807, 2.05) is 19.1 Å². The van der Waals surface area contributed by atoms with Gasteiger partial charge in [0.25, 0.3) is 10.0 Å². The van der Waals surface area contributed by atoms with Crippen molar-refractivity contribution in [1.82, 2.24) is 3.97 Å². The molecule has 4 aromatic rings. The molecule has 0 aliphatic carbocycles. The first-order valence-corrected chi connectivity index (χ1v) is 9.80. The van der Waals surface area contributed by atoms with Crippen LogP contribution < -0.4 is 4.74 Å². The van der Waals surface area contributed by atoms with Crippen LogP contribution in [0.3, 0.4) is 0 Å². The number of hydrogen-bond acceptors (Lipinski definition) is 4. The summed E-state index contributed by atoms with van der Waals surface area (Å²) in [5.74, 6) is 0.334. The Kier molecular flexibility index (Phi) is 4.00. The molecule has 0 fully saturated rings. The SMILES string of the molecule is COc1cc2c(cc1C=O)c1ccccc1n2S(=O)(=O)c1ccc(C)cc1. The summed E-state index contributed by atoms with van der Waals surface area (Å²) in [6, 6.07) is 17.3. The molecule has 4 rings (SSSR count). The highest BCUT2D eigenvalue weighted by molar-refractivity contribution is 7.90. The van der Waals surface area contributed by atoms with Gasteiger partial charge in [-0.1, -0.05) is 35.9 Å². The minimum absolute atomic E-state index is 0.203. The summed E-state index contributed by atoms with van der Waals surface area (Å²) in [5.41, 5.74) is 2.38. The molecule has 0 radical (unpaired) electrons. The van der Waals surface area contributed by atoms with Crippen LogP contribution in [0.2, 0.25) is 0 Å². The van der Waals surface area contributed by atoms with Crippen LogP contribution in [-0.2, 0) is 10.0 Å². The number of hydrogen-bond donors (Lipinski definition) is 0. The second kappa shape index (κ2) is 6.25. The molecule has 0 aliphatic heterocycles. The summed E-state index contributed by atoms with van der Waals surface area (Å²) >= 11 is 0. The van der Waals surface area contributed by atoms with E-state index in [1.54, 1.807) is 48.5 Å². The first kappa shape index (κ1) is 17.3.